The minimum absolute atomic E-state index is 0.00412. The Hall–Kier alpha value is -0.900. The van der Waals surface area contributed by atoms with E-state index in [9.17, 15) is 9.59 Å². The Morgan fingerprint density at radius 3 is 2.88 bits per heavy atom. The summed E-state index contributed by atoms with van der Waals surface area (Å²) >= 11 is 0. The van der Waals surface area contributed by atoms with Crippen LogP contribution in [0.25, 0.3) is 0 Å². The Balaban J connectivity index is 2.10. The average Bonchev–Trinajstić information content (AvgIpc) is 2.74. The van der Waals surface area contributed by atoms with Gasteiger partial charge in [-0.1, -0.05) is 0 Å². The summed E-state index contributed by atoms with van der Waals surface area (Å²) in [6.07, 6.45) is 2.76. The molecule has 0 spiro atoms. The second kappa shape index (κ2) is 4.17. The Labute approximate surface area is 95.9 Å². The van der Waals surface area contributed by atoms with Gasteiger partial charge in [-0.05, 0) is 33.1 Å². The van der Waals surface area contributed by atoms with Crippen molar-refractivity contribution < 1.29 is 14.3 Å². The zero-order valence-corrected chi connectivity index (χ0v) is 9.99. The van der Waals surface area contributed by atoms with Crippen molar-refractivity contribution in [2.24, 2.45) is 0 Å². The van der Waals surface area contributed by atoms with Crippen molar-refractivity contribution in [3.05, 3.63) is 0 Å². The van der Waals surface area contributed by atoms with E-state index in [0.717, 1.165) is 19.3 Å². The first kappa shape index (κ1) is 11.6. The number of likely N-dealkylation sites (tertiary alicyclic amines) is 1. The smallest absolute Gasteiger partial charge is 0.252 e. The molecule has 2 aliphatic rings. The van der Waals surface area contributed by atoms with Crippen LogP contribution in [0.1, 0.15) is 39.5 Å². The van der Waals surface area contributed by atoms with Gasteiger partial charge in [0.2, 0.25) is 0 Å². The first-order valence-electron chi connectivity index (χ1n) is 5.95. The monoisotopic (exact) mass is 225 g/mol. The van der Waals surface area contributed by atoms with E-state index in [1.54, 1.807) is 4.90 Å². The van der Waals surface area contributed by atoms with E-state index in [2.05, 4.69) is 0 Å². The SMILES string of the molecule is CC1(C)CCC(=O)CN1C(=O)C1CCCO1. The molecule has 0 aromatic carbocycles. The van der Waals surface area contributed by atoms with Crippen molar-refractivity contribution in [2.75, 3.05) is 13.2 Å². The summed E-state index contributed by atoms with van der Waals surface area (Å²) in [6.45, 7) is 4.96. The van der Waals surface area contributed by atoms with Crippen molar-refractivity contribution in [2.45, 2.75) is 51.2 Å². The zero-order chi connectivity index (χ0) is 11.8. The molecule has 1 atom stereocenters. The van der Waals surface area contributed by atoms with Crippen molar-refractivity contribution >= 4 is 11.7 Å². The van der Waals surface area contributed by atoms with Gasteiger partial charge in [-0.2, -0.15) is 0 Å². The van der Waals surface area contributed by atoms with Crippen molar-refractivity contribution in [1.29, 1.82) is 0 Å². The number of hydrogen-bond donors (Lipinski definition) is 0. The molecule has 0 aromatic rings. The minimum Gasteiger partial charge on any atom is -0.368 e. The summed E-state index contributed by atoms with van der Waals surface area (Å²) in [5.41, 5.74) is -0.211. The van der Waals surface area contributed by atoms with Gasteiger partial charge in [0.05, 0.1) is 6.54 Å². The third kappa shape index (κ3) is 2.12. The van der Waals surface area contributed by atoms with E-state index in [-0.39, 0.29) is 29.9 Å². The molecule has 2 rings (SSSR count). The summed E-state index contributed by atoms with van der Waals surface area (Å²) in [6, 6.07) is 0. The minimum atomic E-state index is -0.315. The molecule has 90 valence electrons. The standard InChI is InChI=1S/C12H19NO3/c1-12(2)6-5-9(14)8-13(12)11(15)10-4-3-7-16-10/h10H,3-8H2,1-2H3. The number of Topliss-reactive ketones (excluding diaryl/α,β-unsaturated/α-hetero) is 1. The van der Waals surface area contributed by atoms with Crippen LogP contribution in [0.4, 0.5) is 0 Å². The lowest BCUT2D eigenvalue weighted by Crippen LogP contribution is -2.56. The normalized spacial score (nSPS) is 29.5. The van der Waals surface area contributed by atoms with Crippen molar-refractivity contribution in [3.8, 4) is 0 Å². The number of carbonyl (C=O) groups excluding carboxylic acids is 2. The lowest BCUT2D eigenvalue weighted by Gasteiger charge is -2.42. The number of ketones is 1. The van der Waals surface area contributed by atoms with Crippen LogP contribution < -0.4 is 0 Å². The number of ether oxygens (including phenoxy) is 1. The molecule has 4 nitrogen and oxygen atoms in total. The Morgan fingerprint density at radius 2 is 2.25 bits per heavy atom. The number of amides is 1. The lowest BCUT2D eigenvalue weighted by atomic mass is 9.89. The molecule has 0 aliphatic carbocycles. The maximum absolute atomic E-state index is 12.2. The summed E-state index contributed by atoms with van der Waals surface area (Å²) < 4.78 is 5.39. The third-order valence-corrected chi connectivity index (χ3v) is 3.55. The highest BCUT2D eigenvalue weighted by atomic mass is 16.5. The molecule has 2 aliphatic heterocycles. The second-order valence-electron chi connectivity index (χ2n) is 5.28. The van der Waals surface area contributed by atoms with Crippen LogP contribution in [-0.2, 0) is 14.3 Å². The molecule has 2 fully saturated rings. The number of hydrogen-bond acceptors (Lipinski definition) is 3. The molecule has 0 N–H and O–H groups in total. The largest absolute Gasteiger partial charge is 0.368 e. The number of nitrogens with zero attached hydrogens (tertiary/aromatic N) is 1. The van der Waals surface area contributed by atoms with Gasteiger partial charge in [-0.3, -0.25) is 9.59 Å². The molecule has 16 heavy (non-hydrogen) atoms. The van der Waals surface area contributed by atoms with Gasteiger partial charge in [0.15, 0.2) is 5.78 Å². The number of rotatable bonds is 1. The summed E-state index contributed by atoms with van der Waals surface area (Å²) in [4.78, 5) is 25.4. The first-order valence-corrected chi connectivity index (χ1v) is 5.95. The molecule has 4 heteroatoms. The molecular formula is C12H19NO3. The van der Waals surface area contributed by atoms with Gasteiger partial charge < -0.3 is 9.64 Å². The van der Waals surface area contributed by atoms with Crippen molar-refractivity contribution in [1.82, 2.24) is 4.90 Å². The molecule has 0 aromatic heterocycles. The molecule has 2 saturated heterocycles. The van der Waals surface area contributed by atoms with Gasteiger partial charge >= 0.3 is 0 Å². The van der Waals surface area contributed by atoms with Crippen LogP contribution in [-0.4, -0.2) is 41.4 Å². The highest BCUT2D eigenvalue weighted by Gasteiger charge is 2.40. The van der Waals surface area contributed by atoms with E-state index in [0.29, 0.717) is 13.0 Å². The van der Waals surface area contributed by atoms with Gasteiger partial charge in [-0.25, -0.2) is 0 Å². The van der Waals surface area contributed by atoms with Gasteiger partial charge in [0, 0.05) is 18.6 Å². The average molecular weight is 225 g/mol. The fourth-order valence-corrected chi connectivity index (χ4v) is 2.37. The molecule has 2 heterocycles. The second-order valence-corrected chi connectivity index (χ2v) is 5.28. The maximum atomic E-state index is 12.2. The fourth-order valence-electron chi connectivity index (χ4n) is 2.37. The number of carbonyl (C=O) groups is 2. The Bertz CT molecular complexity index is 305. The van der Waals surface area contributed by atoms with Crippen LogP contribution in [0.3, 0.4) is 0 Å². The zero-order valence-electron chi connectivity index (χ0n) is 9.99. The van der Waals surface area contributed by atoms with Crippen molar-refractivity contribution in [3.63, 3.8) is 0 Å². The van der Waals surface area contributed by atoms with E-state index in [4.69, 9.17) is 4.74 Å². The maximum Gasteiger partial charge on any atom is 0.252 e. The number of piperidine rings is 1. The van der Waals surface area contributed by atoms with E-state index in [1.165, 1.54) is 0 Å². The summed E-state index contributed by atoms with van der Waals surface area (Å²) in [5.74, 6) is 0.154. The molecule has 0 radical (unpaired) electrons. The van der Waals surface area contributed by atoms with E-state index >= 15 is 0 Å². The highest BCUT2D eigenvalue weighted by Crippen LogP contribution is 2.28. The van der Waals surface area contributed by atoms with Gasteiger partial charge in [-0.15, -0.1) is 0 Å². The first-order chi connectivity index (χ1) is 7.50. The molecular weight excluding hydrogens is 206 g/mol. The molecule has 0 bridgehead atoms. The molecule has 0 saturated carbocycles. The quantitative estimate of drug-likeness (QED) is 0.672. The topological polar surface area (TPSA) is 46.6 Å². The predicted octanol–water partition coefficient (Wildman–Crippen LogP) is 1.14. The van der Waals surface area contributed by atoms with E-state index in [1.807, 2.05) is 13.8 Å². The van der Waals surface area contributed by atoms with Crippen LogP contribution in [0, 0.1) is 0 Å². The van der Waals surface area contributed by atoms with Gasteiger partial charge in [0.25, 0.3) is 5.91 Å². The van der Waals surface area contributed by atoms with Crippen LogP contribution in [0.15, 0.2) is 0 Å². The lowest BCUT2D eigenvalue weighted by molar-refractivity contribution is -0.152. The molecule has 1 unspecified atom stereocenters. The highest BCUT2D eigenvalue weighted by molar-refractivity contribution is 5.90. The van der Waals surface area contributed by atoms with E-state index < -0.39 is 0 Å². The Morgan fingerprint density at radius 1 is 1.50 bits per heavy atom. The van der Waals surface area contributed by atoms with Crippen LogP contribution in [0.5, 0.6) is 0 Å². The summed E-state index contributed by atoms with van der Waals surface area (Å²) in [7, 11) is 0. The third-order valence-electron chi connectivity index (χ3n) is 3.55. The van der Waals surface area contributed by atoms with Gasteiger partial charge in [0.1, 0.15) is 6.10 Å². The van der Waals surface area contributed by atoms with Crippen LogP contribution in [0.2, 0.25) is 0 Å². The Kier molecular flexibility index (Phi) is 3.02. The fraction of sp³-hybridized carbons (Fsp3) is 0.833. The molecule has 1 amide bonds. The van der Waals surface area contributed by atoms with Crippen LogP contribution >= 0.6 is 0 Å². The predicted molar refractivity (Wildman–Crippen MR) is 59.0 cm³/mol. The summed E-state index contributed by atoms with van der Waals surface area (Å²) in [5, 5.41) is 0.